The maximum Gasteiger partial charge on any atom is 0.308 e. The Bertz CT molecular complexity index is 1300. The van der Waals surface area contributed by atoms with Crippen molar-refractivity contribution in [3.63, 3.8) is 0 Å². The minimum absolute atomic E-state index is 0.0561. The van der Waals surface area contributed by atoms with Gasteiger partial charge in [0.1, 0.15) is 0 Å². The van der Waals surface area contributed by atoms with Gasteiger partial charge >= 0.3 is 4.87 Å². The molecule has 1 aliphatic rings. The molecule has 1 saturated heterocycles. The molecular formula is C22H25N3O4S2. The zero-order valence-electron chi connectivity index (χ0n) is 17.6. The Balaban J connectivity index is 1.57. The summed E-state index contributed by atoms with van der Waals surface area (Å²) in [6, 6.07) is 10.2. The van der Waals surface area contributed by atoms with E-state index in [1.807, 2.05) is 30.9 Å². The van der Waals surface area contributed by atoms with Crippen LogP contribution in [-0.4, -0.2) is 36.9 Å². The standard InChI is InChI=1S/C22H25N3O4S2/c1-15-5-7-18(16(2)13-15)23-31(28,29)17-6-8-19-20(14-17)30-22(27)25(19)12-9-21(26)24-10-3-4-11-24/h5-8,13-14,23H,3-4,9-12H2,1-2H3. The molecule has 0 saturated carbocycles. The Morgan fingerprint density at radius 1 is 1.10 bits per heavy atom. The van der Waals surface area contributed by atoms with Crippen LogP contribution in [0.1, 0.15) is 30.4 Å². The van der Waals surface area contributed by atoms with Crippen LogP contribution in [0.4, 0.5) is 5.69 Å². The molecule has 9 heteroatoms. The second-order valence-electron chi connectivity index (χ2n) is 7.91. The predicted octanol–water partition coefficient (Wildman–Crippen LogP) is 3.49. The van der Waals surface area contributed by atoms with E-state index in [1.54, 1.807) is 16.7 Å². The first kappa shape index (κ1) is 21.6. The van der Waals surface area contributed by atoms with E-state index in [2.05, 4.69) is 4.72 Å². The van der Waals surface area contributed by atoms with Crippen LogP contribution in [0.25, 0.3) is 10.2 Å². The summed E-state index contributed by atoms with van der Waals surface area (Å²) < 4.78 is 30.6. The monoisotopic (exact) mass is 459 g/mol. The van der Waals surface area contributed by atoms with Crippen LogP contribution in [-0.2, 0) is 21.4 Å². The summed E-state index contributed by atoms with van der Waals surface area (Å²) in [5, 5.41) is 0. The van der Waals surface area contributed by atoms with Gasteiger partial charge in [-0.3, -0.25) is 18.9 Å². The molecule has 4 rings (SSSR count). The van der Waals surface area contributed by atoms with Crippen molar-refractivity contribution in [1.29, 1.82) is 0 Å². The zero-order valence-corrected chi connectivity index (χ0v) is 19.2. The number of nitrogens with zero attached hydrogens (tertiary/aromatic N) is 2. The summed E-state index contributed by atoms with van der Waals surface area (Å²) in [7, 11) is -3.80. The molecule has 3 aromatic rings. The number of benzene rings is 2. The smallest absolute Gasteiger partial charge is 0.308 e. The van der Waals surface area contributed by atoms with Gasteiger partial charge in [0.2, 0.25) is 5.91 Å². The molecule has 1 aliphatic heterocycles. The number of hydrogen-bond donors (Lipinski definition) is 1. The van der Waals surface area contributed by atoms with E-state index < -0.39 is 10.0 Å². The van der Waals surface area contributed by atoms with Crippen molar-refractivity contribution in [3.8, 4) is 0 Å². The highest BCUT2D eigenvalue weighted by atomic mass is 32.2. The Hall–Kier alpha value is -2.65. The minimum Gasteiger partial charge on any atom is -0.343 e. The fourth-order valence-electron chi connectivity index (χ4n) is 3.89. The van der Waals surface area contributed by atoms with Crippen molar-refractivity contribution < 1.29 is 13.2 Å². The zero-order chi connectivity index (χ0) is 22.2. The maximum atomic E-state index is 12.9. The highest BCUT2D eigenvalue weighted by molar-refractivity contribution is 7.92. The number of carbonyl (C=O) groups excluding carboxylic acids is 1. The predicted molar refractivity (Wildman–Crippen MR) is 123 cm³/mol. The van der Waals surface area contributed by atoms with Crippen LogP contribution in [0.15, 0.2) is 46.1 Å². The van der Waals surface area contributed by atoms with Crippen LogP contribution in [0.3, 0.4) is 0 Å². The molecule has 0 atom stereocenters. The summed E-state index contributed by atoms with van der Waals surface area (Å²) in [4.78, 5) is 26.6. The minimum atomic E-state index is -3.80. The third-order valence-electron chi connectivity index (χ3n) is 5.58. The van der Waals surface area contributed by atoms with E-state index in [4.69, 9.17) is 0 Å². The fourth-order valence-corrected chi connectivity index (χ4v) is 6.08. The van der Waals surface area contributed by atoms with Crippen LogP contribution in [0.2, 0.25) is 0 Å². The normalized spacial score (nSPS) is 14.3. The van der Waals surface area contributed by atoms with Gasteiger partial charge in [0.25, 0.3) is 10.0 Å². The van der Waals surface area contributed by atoms with Gasteiger partial charge in [0.05, 0.1) is 20.8 Å². The number of hydrogen-bond acceptors (Lipinski definition) is 5. The van der Waals surface area contributed by atoms with Gasteiger partial charge in [-0.2, -0.15) is 0 Å². The van der Waals surface area contributed by atoms with E-state index in [0.717, 1.165) is 48.4 Å². The molecule has 1 aromatic heterocycles. The van der Waals surface area contributed by atoms with Gasteiger partial charge in [-0.05, 0) is 56.5 Å². The molecule has 0 radical (unpaired) electrons. The molecule has 1 N–H and O–H groups in total. The Labute approximate surface area is 185 Å². The molecule has 1 amide bonds. The Morgan fingerprint density at radius 3 is 2.55 bits per heavy atom. The lowest BCUT2D eigenvalue weighted by atomic mass is 10.1. The first-order valence-corrected chi connectivity index (χ1v) is 12.6. The third-order valence-corrected chi connectivity index (χ3v) is 7.89. The van der Waals surface area contributed by atoms with E-state index >= 15 is 0 Å². The van der Waals surface area contributed by atoms with Crippen molar-refractivity contribution in [2.75, 3.05) is 17.8 Å². The molecule has 2 aromatic carbocycles. The third kappa shape index (κ3) is 4.52. The summed E-state index contributed by atoms with van der Waals surface area (Å²) >= 11 is 0.995. The van der Waals surface area contributed by atoms with Crippen LogP contribution in [0.5, 0.6) is 0 Å². The number of likely N-dealkylation sites (tertiary alicyclic amines) is 1. The highest BCUT2D eigenvalue weighted by Gasteiger charge is 2.20. The number of amides is 1. The van der Waals surface area contributed by atoms with E-state index in [1.165, 1.54) is 12.1 Å². The second kappa shape index (κ2) is 8.47. The van der Waals surface area contributed by atoms with Gasteiger partial charge in [-0.1, -0.05) is 29.0 Å². The lowest BCUT2D eigenvalue weighted by Gasteiger charge is -2.15. The fraction of sp³-hybridized carbons (Fsp3) is 0.364. The summed E-state index contributed by atoms with van der Waals surface area (Å²) in [6.45, 7) is 5.66. The molecule has 164 valence electrons. The van der Waals surface area contributed by atoms with E-state index in [9.17, 15) is 18.0 Å². The molecule has 31 heavy (non-hydrogen) atoms. The molecule has 0 bridgehead atoms. The van der Waals surface area contributed by atoms with Crippen LogP contribution >= 0.6 is 11.3 Å². The number of nitrogens with one attached hydrogen (secondary N) is 1. The topological polar surface area (TPSA) is 88.5 Å². The molecule has 7 nitrogen and oxygen atoms in total. The summed E-state index contributed by atoms with van der Waals surface area (Å²) in [6.07, 6.45) is 2.32. The van der Waals surface area contributed by atoms with Gasteiger partial charge in [0.15, 0.2) is 0 Å². The molecule has 2 heterocycles. The summed E-state index contributed by atoms with van der Waals surface area (Å²) in [5.41, 5.74) is 3.06. The SMILES string of the molecule is Cc1ccc(NS(=O)(=O)c2ccc3c(c2)sc(=O)n3CCC(=O)N2CCCC2)c(C)c1. The van der Waals surface area contributed by atoms with Gasteiger partial charge in [-0.25, -0.2) is 8.42 Å². The number of thiazole rings is 1. The van der Waals surface area contributed by atoms with Crippen molar-refractivity contribution >= 4 is 43.2 Å². The van der Waals surface area contributed by atoms with Gasteiger partial charge in [-0.15, -0.1) is 0 Å². The maximum absolute atomic E-state index is 12.9. The number of anilines is 1. The number of rotatable bonds is 6. The highest BCUT2D eigenvalue weighted by Crippen LogP contribution is 2.25. The van der Waals surface area contributed by atoms with Crippen molar-refractivity contribution in [2.45, 2.75) is 44.6 Å². The first-order valence-electron chi connectivity index (χ1n) is 10.3. The van der Waals surface area contributed by atoms with Crippen molar-refractivity contribution in [3.05, 3.63) is 57.2 Å². The van der Waals surface area contributed by atoms with E-state index in [0.29, 0.717) is 22.4 Å². The molecular weight excluding hydrogens is 434 g/mol. The number of aryl methyl sites for hydroxylation is 3. The molecule has 0 spiro atoms. The van der Waals surface area contributed by atoms with Crippen LogP contribution in [0, 0.1) is 13.8 Å². The van der Waals surface area contributed by atoms with E-state index in [-0.39, 0.29) is 22.1 Å². The second-order valence-corrected chi connectivity index (χ2v) is 10.6. The molecule has 1 fully saturated rings. The molecule has 0 unspecified atom stereocenters. The van der Waals surface area contributed by atoms with Gasteiger partial charge < -0.3 is 4.90 Å². The van der Waals surface area contributed by atoms with Crippen molar-refractivity contribution in [1.82, 2.24) is 9.47 Å². The van der Waals surface area contributed by atoms with Gasteiger partial charge in [0, 0.05) is 26.1 Å². The lowest BCUT2D eigenvalue weighted by Crippen LogP contribution is -2.29. The Kier molecular flexibility index (Phi) is 5.90. The molecule has 0 aliphatic carbocycles. The lowest BCUT2D eigenvalue weighted by molar-refractivity contribution is -0.130. The number of fused-ring (bicyclic) bond motifs is 1. The van der Waals surface area contributed by atoms with Crippen molar-refractivity contribution in [2.24, 2.45) is 0 Å². The first-order chi connectivity index (χ1) is 14.7. The number of aromatic nitrogens is 1. The summed E-state index contributed by atoms with van der Waals surface area (Å²) in [5.74, 6) is 0.0561. The average molecular weight is 460 g/mol. The number of sulfonamides is 1. The Morgan fingerprint density at radius 2 is 1.84 bits per heavy atom. The number of carbonyl (C=O) groups is 1. The quantitative estimate of drug-likeness (QED) is 0.611. The average Bonchev–Trinajstić information content (AvgIpc) is 3.35. The largest absolute Gasteiger partial charge is 0.343 e. The van der Waals surface area contributed by atoms with Crippen LogP contribution < -0.4 is 9.60 Å².